The molecule has 4 amide bonds. The molecule has 3 aromatic carbocycles. The molecule has 0 spiro atoms. The van der Waals surface area contributed by atoms with Crippen molar-refractivity contribution in [1.29, 1.82) is 0 Å². The summed E-state index contributed by atoms with van der Waals surface area (Å²) >= 11 is 0. The molecule has 0 bridgehead atoms. The molecule has 184 valence electrons. The molecule has 8 nitrogen and oxygen atoms in total. The Hall–Kier alpha value is -4.33. The third kappa shape index (κ3) is 3.94. The molecular formula is C28H27N3O5. The molecule has 0 aliphatic carbocycles. The van der Waals surface area contributed by atoms with Crippen LogP contribution < -0.4 is 20.1 Å². The number of urea groups is 1. The number of ether oxygens (including phenoxy) is 2. The third-order valence-electron chi connectivity index (χ3n) is 6.83. The molecule has 36 heavy (non-hydrogen) atoms. The number of benzene rings is 3. The Bertz CT molecular complexity index is 1360. The van der Waals surface area contributed by atoms with Gasteiger partial charge in [0.1, 0.15) is 6.54 Å². The van der Waals surface area contributed by atoms with E-state index in [0.717, 1.165) is 21.6 Å². The minimum atomic E-state index is -1.42. The van der Waals surface area contributed by atoms with Gasteiger partial charge in [0.05, 0.1) is 6.04 Å². The van der Waals surface area contributed by atoms with Crippen LogP contribution in [0, 0.1) is 13.8 Å². The van der Waals surface area contributed by atoms with Gasteiger partial charge in [-0.15, -0.1) is 0 Å². The number of nitrogens with one attached hydrogen (secondary N) is 2. The molecular weight excluding hydrogens is 458 g/mol. The van der Waals surface area contributed by atoms with Crippen molar-refractivity contribution in [2.45, 2.75) is 32.4 Å². The number of amides is 4. The zero-order valence-corrected chi connectivity index (χ0v) is 20.3. The first kappa shape index (κ1) is 23.4. The van der Waals surface area contributed by atoms with Gasteiger partial charge in [-0.05, 0) is 60.7 Å². The maximum atomic E-state index is 13.9. The zero-order valence-electron chi connectivity index (χ0n) is 20.3. The van der Waals surface area contributed by atoms with Crippen molar-refractivity contribution < 1.29 is 23.9 Å². The SMILES string of the molecule is Cc1ccc([C@]2(c3ccccc3)NC(=O)N(CC(=O)N[C@@H](C)c3ccc4c(c3)OCO4)C2=O)cc1C. The van der Waals surface area contributed by atoms with Crippen LogP contribution in [0.25, 0.3) is 0 Å². The molecule has 2 aliphatic rings. The van der Waals surface area contributed by atoms with Crippen molar-refractivity contribution in [3.05, 3.63) is 94.5 Å². The Labute approximate surface area is 209 Å². The van der Waals surface area contributed by atoms with E-state index in [-0.39, 0.29) is 12.8 Å². The second-order valence-corrected chi connectivity index (χ2v) is 9.14. The van der Waals surface area contributed by atoms with Gasteiger partial charge in [-0.2, -0.15) is 0 Å². The lowest BCUT2D eigenvalue weighted by Crippen LogP contribution is -2.46. The van der Waals surface area contributed by atoms with Gasteiger partial charge < -0.3 is 20.1 Å². The molecule has 5 rings (SSSR count). The fourth-order valence-electron chi connectivity index (χ4n) is 4.64. The van der Waals surface area contributed by atoms with Gasteiger partial charge in [-0.1, -0.05) is 54.6 Å². The van der Waals surface area contributed by atoms with Gasteiger partial charge in [0.25, 0.3) is 5.91 Å². The van der Waals surface area contributed by atoms with Crippen LogP contribution >= 0.6 is 0 Å². The van der Waals surface area contributed by atoms with Gasteiger partial charge in [0.15, 0.2) is 17.0 Å². The van der Waals surface area contributed by atoms with Crippen LogP contribution in [0.1, 0.15) is 40.8 Å². The molecule has 0 unspecified atom stereocenters. The number of imide groups is 1. The summed E-state index contributed by atoms with van der Waals surface area (Å²) in [6.07, 6.45) is 0. The number of rotatable bonds is 6. The monoisotopic (exact) mass is 485 g/mol. The number of carbonyl (C=O) groups excluding carboxylic acids is 3. The number of carbonyl (C=O) groups is 3. The summed E-state index contributed by atoms with van der Waals surface area (Å²) in [5.41, 5.74) is 2.75. The first-order valence-electron chi connectivity index (χ1n) is 11.8. The third-order valence-corrected chi connectivity index (χ3v) is 6.83. The number of nitrogens with zero attached hydrogens (tertiary/aromatic N) is 1. The summed E-state index contributed by atoms with van der Waals surface area (Å²) in [7, 11) is 0. The highest BCUT2D eigenvalue weighted by Crippen LogP contribution is 2.37. The Kier molecular flexibility index (Phi) is 5.88. The molecule has 2 aliphatic heterocycles. The van der Waals surface area contributed by atoms with E-state index in [2.05, 4.69) is 10.6 Å². The zero-order chi connectivity index (χ0) is 25.4. The van der Waals surface area contributed by atoms with Gasteiger partial charge >= 0.3 is 6.03 Å². The highest BCUT2D eigenvalue weighted by atomic mass is 16.7. The molecule has 2 N–H and O–H groups in total. The van der Waals surface area contributed by atoms with Crippen LogP contribution in [0.4, 0.5) is 4.79 Å². The molecule has 1 saturated heterocycles. The Balaban J connectivity index is 1.40. The van der Waals surface area contributed by atoms with E-state index in [9.17, 15) is 14.4 Å². The predicted molar refractivity (Wildman–Crippen MR) is 133 cm³/mol. The Morgan fingerprint density at radius 2 is 1.72 bits per heavy atom. The Morgan fingerprint density at radius 3 is 2.47 bits per heavy atom. The van der Waals surface area contributed by atoms with Gasteiger partial charge in [0, 0.05) is 0 Å². The second-order valence-electron chi connectivity index (χ2n) is 9.14. The first-order valence-corrected chi connectivity index (χ1v) is 11.8. The lowest BCUT2D eigenvalue weighted by molar-refractivity contribution is -0.134. The van der Waals surface area contributed by atoms with Crippen LogP contribution in [0.2, 0.25) is 0 Å². The summed E-state index contributed by atoms with van der Waals surface area (Å²) < 4.78 is 10.7. The maximum Gasteiger partial charge on any atom is 0.326 e. The fraction of sp³-hybridized carbons (Fsp3) is 0.250. The molecule has 0 aromatic heterocycles. The first-order chi connectivity index (χ1) is 17.3. The van der Waals surface area contributed by atoms with Gasteiger partial charge in [-0.25, -0.2) is 4.79 Å². The number of fused-ring (bicyclic) bond motifs is 1. The fourth-order valence-corrected chi connectivity index (χ4v) is 4.64. The van der Waals surface area contributed by atoms with Crippen LogP contribution in [-0.2, 0) is 15.1 Å². The minimum absolute atomic E-state index is 0.162. The van der Waals surface area contributed by atoms with Crippen LogP contribution in [0.5, 0.6) is 11.5 Å². The quantitative estimate of drug-likeness (QED) is 0.519. The molecule has 1 fully saturated rings. The smallest absolute Gasteiger partial charge is 0.326 e. The standard InChI is InChI=1S/C28H27N3O5/c1-17-9-11-22(13-18(17)2)28(21-7-5-4-6-8-21)26(33)31(27(34)30-28)15-25(32)29-19(3)20-10-12-23-24(14-20)36-16-35-23/h4-14,19H,15-16H2,1-3H3,(H,29,32)(H,30,34)/t19-,28-/m0/s1. The van der Waals surface area contributed by atoms with E-state index >= 15 is 0 Å². The average Bonchev–Trinajstić information content (AvgIpc) is 3.44. The summed E-state index contributed by atoms with van der Waals surface area (Å²) in [5, 5.41) is 5.76. The van der Waals surface area contributed by atoms with Gasteiger partial charge in [0.2, 0.25) is 12.7 Å². The van der Waals surface area contributed by atoms with E-state index in [4.69, 9.17) is 9.47 Å². The molecule has 8 heteroatoms. The summed E-state index contributed by atoms with van der Waals surface area (Å²) in [5.74, 6) is 0.324. The lowest BCUT2D eigenvalue weighted by atomic mass is 9.81. The van der Waals surface area contributed by atoms with Crippen molar-refractivity contribution in [2.24, 2.45) is 0 Å². The molecule has 0 saturated carbocycles. The molecule has 2 atom stereocenters. The minimum Gasteiger partial charge on any atom is -0.454 e. The summed E-state index contributed by atoms with van der Waals surface area (Å²) in [6, 6.07) is 19.2. The lowest BCUT2D eigenvalue weighted by Gasteiger charge is -2.28. The highest BCUT2D eigenvalue weighted by molar-refractivity contribution is 6.11. The van der Waals surface area contributed by atoms with Crippen LogP contribution in [-0.4, -0.2) is 36.1 Å². The van der Waals surface area contributed by atoms with Crippen LogP contribution in [0.3, 0.4) is 0 Å². The second kappa shape index (κ2) is 9.03. The van der Waals surface area contributed by atoms with E-state index in [1.165, 1.54) is 0 Å². The van der Waals surface area contributed by atoms with Crippen molar-refractivity contribution in [3.8, 4) is 11.5 Å². The summed E-state index contributed by atoms with van der Waals surface area (Å²) in [6.45, 7) is 5.53. The predicted octanol–water partition coefficient (Wildman–Crippen LogP) is 3.70. The van der Waals surface area contributed by atoms with Crippen molar-refractivity contribution >= 4 is 17.8 Å². The van der Waals surface area contributed by atoms with E-state index < -0.39 is 29.9 Å². The van der Waals surface area contributed by atoms with Crippen molar-refractivity contribution in [2.75, 3.05) is 13.3 Å². The Morgan fingerprint density at radius 1 is 0.972 bits per heavy atom. The topological polar surface area (TPSA) is 97.0 Å². The molecule has 0 radical (unpaired) electrons. The normalized spacial score (nSPS) is 19.2. The number of hydrogen-bond acceptors (Lipinski definition) is 5. The maximum absolute atomic E-state index is 13.9. The van der Waals surface area contributed by atoms with E-state index in [1.54, 1.807) is 24.3 Å². The number of hydrogen-bond donors (Lipinski definition) is 2. The summed E-state index contributed by atoms with van der Waals surface area (Å²) in [4.78, 5) is 40.9. The van der Waals surface area contributed by atoms with E-state index in [0.29, 0.717) is 22.6 Å². The van der Waals surface area contributed by atoms with Crippen LogP contribution in [0.15, 0.2) is 66.7 Å². The van der Waals surface area contributed by atoms with Crippen molar-refractivity contribution in [3.63, 3.8) is 0 Å². The largest absolute Gasteiger partial charge is 0.454 e. The van der Waals surface area contributed by atoms with E-state index in [1.807, 2.05) is 63.2 Å². The molecule has 3 aromatic rings. The highest BCUT2D eigenvalue weighted by Gasteiger charge is 2.54. The molecule has 2 heterocycles. The van der Waals surface area contributed by atoms with Crippen molar-refractivity contribution in [1.82, 2.24) is 15.5 Å². The number of aryl methyl sites for hydroxylation is 2. The van der Waals surface area contributed by atoms with Gasteiger partial charge in [-0.3, -0.25) is 14.5 Å². The average molecular weight is 486 g/mol.